The average Bonchev–Trinajstić information content (AvgIpc) is 2.64. The van der Waals surface area contributed by atoms with Crippen molar-refractivity contribution in [3.05, 3.63) is 58.7 Å². The molecule has 0 heterocycles. The summed E-state index contributed by atoms with van der Waals surface area (Å²) in [4.78, 5) is 0. The van der Waals surface area contributed by atoms with Gasteiger partial charge in [0.25, 0.3) is 0 Å². The van der Waals surface area contributed by atoms with Crippen LogP contribution in [0.15, 0.2) is 36.4 Å². The number of aryl methyl sites for hydroxylation is 1. The molecule has 0 bridgehead atoms. The normalized spacial score (nSPS) is 11.8. The largest absolute Gasteiger partial charge is 0.192 e. The maximum absolute atomic E-state index is 8.88. The lowest BCUT2D eigenvalue weighted by Crippen LogP contribution is -1.82. The molecule has 1 heteroatoms. The Morgan fingerprint density at radius 2 is 1.69 bits per heavy atom. The zero-order chi connectivity index (χ0) is 11.1. The van der Waals surface area contributed by atoms with Crippen molar-refractivity contribution in [1.82, 2.24) is 0 Å². The molecule has 2 aromatic carbocycles. The number of rotatable bonds is 0. The molecule has 0 spiro atoms. The van der Waals surface area contributed by atoms with E-state index in [0.29, 0.717) is 0 Å². The zero-order valence-electron chi connectivity index (χ0n) is 9.12. The summed E-state index contributed by atoms with van der Waals surface area (Å²) in [6, 6.07) is 14.7. The Balaban J connectivity index is 2.21. The molecule has 0 saturated heterocycles. The Kier molecular flexibility index (Phi) is 1.84. The van der Waals surface area contributed by atoms with Gasteiger partial charge in [0.05, 0.1) is 11.6 Å². The first-order chi connectivity index (χ1) is 7.78. The minimum absolute atomic E-state index is 0.753. The lowest BCUT2D eigenvalue weighted by atomic mass is 10.0. The van der Waals surface area contributed by atoms with Crippen LogP contribution in [0.1, 0.15) is 22.3 Å². The topological polar surface area (TPSA) is 23.8 Å². The van der Waals surface area contributed by atoms with Crippen molar-refractivity contribution in [2.24, 2.45) is 0 Å². The Morgan fingerprint density at radius 3 is 2.44 bits per heavy atom. The van der Waals surface area contributed by atoms with Crippen LogP contribution in [-0.2, 0) is 6.42 Å². The first kappa shape index (κ1) is 9.18. The third-order valence-electron chi connectivity index (χ3n) is 3.17. The highest BCUT2D eigenvalue weighted by Crippen LogP contribution is 2.37. The minimum atomic E-state index is 0.753. The Hall–Kier alpha value is -2.07. The van der Waals surface area contributed by atoms with Crippen LogP contribution >= 0.6 is 0 Å². The summed E-state index contributed by atoms with van der Waals surface area (Å²) >= 11 is 0. The standard InChI is InChI=1S/C15H11N/c1-10-2-4-14-12(6-10)8-13-7-11(9-16)3-5-15(13)14/h2-7H,8H2,1H3. The monoisotopic (exact) mass is 205 g/mol. The van der Waals surface area contributed by atoms with E-state index in [1.807, 2.05) is 12.1 Å². The van der Waals surface area contributed by atoms with E-state index < -0.39 is 0 Å². The summed E-state index contributed by atoms with van der Waals surface area (Å²) in [7, 11) is 0. The highest BCUT2D eigenvalue weighted by Gasteiger charge is 2.18. The molecule has 1 nitrogen and oxygen atoms in total. The Bertz CT molecular complexity index is 618. The van der Waals surface area contributed by atoms with Crippen LogP contribution in [0.3, 0.4) is 0 Å². The molecule has 1 aliphatic rings. The number of hydrogen-bond acceptors (Lipinski definition) is 1. The van der Waals surface area contributed by atoms with E-state index in [0.717, 1.165) is 12.0 Å². The predicted octanol–water partition coefficient (Wildman–Crippen LogP) is 3.44. The first-order valence-corrected chi connectivity index (χ1v) is 5.41. The fourth-order valence-electron chi connectivity index (χ4n) is 2.41. The van der Waals surface area contributed by atoms with Crippen molar-refractivity contribution in [1.29, 1.82) is 5.26 Å². The molecule has 16 heavy (non-hydrogen) atoms. The van der Waals surface area contributed by atoms with Gasteiger partial charge in [0, 0.05) is 0 Å². The SMILES string of the molecule is Cc1ccc2c(c1)Cc1cc(C#N)ccc1-2. The van der Waals surface area contributed by atoms with Crippen molar-refractivity contribution in [2.75, 3.05) is 0 Å². The number of nitrogens with zero attached hydrogens (tertiary/aromatic N) is 1. The van der Waals surface area contributed by atoms with Gasteiger partial charge in [-0.05, 0) is 47.7 Å². The highest BCUT2D eigenvalue weighted by molar-refractivity contribution is 5.77. The zero-order valence-corrected chi connectivity index (χ0v) is 9.12. The van der Waals surface area contributed by atoms with Crippen LogP contribution in [0.4, 0.5) is 0 Å². The summed E-state index contributed by atoms with van der Waals surface area (Å²) in [5.41, 5.74) is 7.32. The number of hydrogen-bond donors (Lipinski definition) is 0. The third kappa shape index (κ3) is 1.24. The van der Waals surface area contributed by atoms with Crippen molar-refractivity contribution in [3.63, 3.8) is 0 Å². The lowest BCUT2D eigenvalue weighted by Gasteiger charge is -2.01. The van der Waals surface area contributed by atoms with Crippen molar-refractivity contribution < 1.29 is 0 Å². The van der Waals surface area contributed by atoms with Crippen LogP contribution in [0.5, 0.6) is 0 Å². The minimum Gasteiger partial charge on any atom is -0.192 e. The van der Waals surface area contributed by atoms with Crippen molar-refractivity contribution in [3.8, 4) is 17.2 Å². The highest BCUT2D eigenvalue weighted by atomic mass is 14.3. The van der Waals surface area contributed by atoms with Gasteiger partial charge >= 0.3 is 0 Å². The molecule has 0 aliphatic heterocycles. The van der Waals surface area contributed by atoms with Gasteiger partial charge in [-0.25, -0.2) is 0 Å². The van der Waals surface area contributed by atoms with Crippen LogP contribution in [0.2, 0.25) is 0 Å². The van der Waals surface area contributed by atoms with Crippen LogP contribution in [0, 0.1) is 18.3 Å². The summed E-state index contributed by atoms with van der Waals surface area (Å²) < 4.78 is 0. The van der Waals surface area contributed by atoms with Crippen LogP contribution in [-0.4, -0.2) is 0 Å². The molecule has 3 rings (SSSR count). The van der Waals surface area contributed by atoms with Gasteiger partial charge < -0.3 is 0 Å². The second-order valence-corrected chi connectivity index (χ2v) is 4.32. The quantitative estimate of drug-likeness (QED) is 0.551. The molecule has 0 atom stereocenters. The van der Waals surface area contributed by atoms with E-state index in [-0.39, 0.29) is 0 Å². The van der Waals surface area contributed by atoms with E-state index in [1.165, 1.54) is 27.8 Å². The Morgan fingerprint density at radius 1 is 1.00 bits per heavy atom. The smallest absolute Gasteiger partial charge is 0.0991 e. The second-order valence-electron chi connectivity index (χ2n) is 4.32. The fourth-order valence-corrected chi connectivity index (χ4v) is 2.41. The summed E-state index contributed by atoms with van der Waals surface area (Å²) in [6.07, 6.45) is 0.960. The molecule has 0 fully saturated rings. The van der Waals surface area contributed by atoms with Gasteiger partial charge in [0.2, 0.25) is 0 Å². The molecule has 0 unspecified atom stereocenters. The van der Waals surface area contributed by atoms with E-state index in [2.05, 4.69) is 37.3 Å². The van der Waals surface area contributed by atoms with E-state index >= 15 is 0 Å². The molecule has 1 aliphatic carbocycles. The number of nitriles is 1. The molecule has 0 aromatic heterocycles. The molecule has 0 radical (unpaired) electrons. The number of fused-ring (bicyclic) bond motifs is 3. The summed E-state index contributed by atoms with van der Waals surface area (Å²) in [5.74, 6) is 0. The first-order valence-electron chi connectivity index (χ1n) is 5.41. The van der Waals surface area contributed by atoms with E-state index in [4.69, 9.17) is 5.26 Å². The van der Waals surface area contributed by atoms with E-state index in [1.54, 1.807) is 0 Å². The van der Waals surface area contributed by atoms with Gasteiger partial charge in [-0.3, -0.25) is 0 Å². The Labute approximate surface area is 95.0 Å². The van der Waals surface area contributed by atoms with Gasteiger partial charge in [-0.1, -0.05) is 29.8 Å². The molecule has 0 amide bonds. The maximum Gasteiger partial charge on any atom is 0.0991 e. The molecule has 0 N–H and O–H groups in total. The van der Waals surface area contributed by atoms with Crippen LogP contribution < -0.4 is 0 Å². The lowest BCUT2D eigenvalue weighted by molar-refractivity contribution is 1.24. The third-order valence-corrected chi connectivity index (χ3v) is 3.17. The fraction of sp³-hybridized carbons (Fsp3) is 0.133. The molecule has 0 saturated carbocycles. The molecule has 2 aromatic rings. The van der Waals surface area contributed by atoms with Crippen LogP contribution in [0.25, 0.3) is 11.1 Å². The van der Waals surface area contributed by atoms with Crippen molar-refractivity contribution in [2.45, 2.75) is 13.3 Å². The maximum atomic E-state index is 8.88. The van der Waals surface area contributed by atoms with Crippen molar-refractivity contribution >= 4 is 0 Å². The summed E-state index contributed by atoms with van der Waals surface area (Å²) in [5, 5.41) is 8.88. The van der Waals surface area contributed by atoms with Gasteiger partial charge in [-0.2, -0.15) is 5.26 Å². The van der Waals surface area contributed by atoms with Gasteiger partial charge in [-0.15, -0.1) is 0 Å². The molecular formula is C15H11N. The predicted molar refractivity (Wildman–Crippen MR) is 64.1 cm³/mol. The molecule has 76 valence electrons. The average molecular weight is 205 g/mol. The second kappa shape index (κ2) is 3.21. The summed E-state index contributed by atoms with van der Waals surface area (Å²) in [6.45, 7) is 2.12. The molecular weight excluding hydrogens is 194 g/mol. The van der Waals surface area contributed by atoms with E-state index in [9.17, 15) is 0 Å². The number of benzene rings is 2. The van der Waals surface area contributed by atoms with Gasteiger partial charge in [0.15, 0.2) is 0 Å². The van der Waals surface area contributed by atoms with Gasteiger partial charge in [0.1, 0.15) is 0 Å².